The molecule has 2 saturated carbocycles. The number of rotatable bonds is 8. The molecular formula is C52H50N2O10. The van der Waals surface area contributed by atoms with Crippen molar-refractivity contribution in [3.8, 4) is 0 Å². The predicted molar refractivity (Wildman–Crippen MR) is 242 cm³/mol. The Bertz CT molecular complexity index is 3300. The van der Waals surface area contributed by atoms with Crippen molar-refractivity contribution in [3.05, 3.63) is 69.8 Å². The molecule has 6 fully saturated rings. The van der Waals surface area contributed by atoms with Gasteiger partial charge in [-0.2, -0.15) is 0 Å². The summed E-state index contributed by atoms with van der Waals surface area (Å²) in [6, 6.07) is 14.7. The number of nitrogens with zero attached hydrogens (tertiary/aromatic N) is 2. The minimum Gasteiger partial charge on any atom is -0.387 e. The zero-order valence-electron chi connectivity index (χ0n) is 35.9. The molecule has 9 aliphatic rings. The maximum atomic E-state index is 11.0. The first-order valence-electron chi connectivity index (χ1n) is 23.2. The zero-order chi connectivity index (χ0) is 43.1. The molecule has 12 nitrogen and oxygen atoms in total. The van der Waals surface area contributed by atoms with Crippen LogP contribution in [0.25, 0.3) is 86.4 Å². The summed E-state index contributed by atoms with van der Waals surface area (Å²) < 4.78 is 26.1. The van der Waals surface area contributed by atoms with Crippen molar-refractivity contribution in [1.29, 1.82) is 0 Å². The van der Waals surface area contributed by atoms with E-state index in [4.69, 9.17) is 18.9 Å². The maximum Gasteiger partial charge on any atom is 0.197 e. The number of aliphatic hydroxyl groups excluding tert-OH is 4. The Kier molecular flexibility index (Phi) is 7.10. The molecule has 0 amide bonds. The normalized spacial score (nSPS) is 32.4. The van der Waals surface area contributed by atoms with E-state index in [1.165, 1.54) is 120 Å². The van der Waals surface area contributed by atoms with Gasteiger partial charge in [-0.05, 0) is 140 Å². The van der Waals surface area contributed by atoms with Crippen molar-refractivity contribution < 1.29 is 49.6 Å². The highest BCUT2D eigenvalue weighted by Crippen LogP contribution is 2.61. The summed E-state index contributed by atoms with van der Waals surface area (Å²) in [6.45, 7) is 2.03. The van der Waals surface area contributed by atoms with Crippen molar-refractivity contribution in [2.24, 2.45) is 0 Å². The third-order valence-electron chi connectivity index (χ3n) is 17.3. The molecule has 6 heterocycles. The van der Waals surface area contributed by atoms with Crippen LogP contribution in [-0.4, -0.2) is 134 Å². The van der Waals surface area contributed by atoms with Crippen LogP contribution in [0.1, 0.15) is 59.1 Å². The van der Waals surface area contributed by atoms with Gasteiger partial charge in [0.1, 0.15) is 35.6 Å². The minimum atomic E-state index is -1.41. The molecule has 6 bridgehead atoms. The summed E-state index contributed by atoms with van der Waals surface area (Å²) in [5.74, 6) is -2.45. The first-order chi connectivity index (χ1) is 30.8. The van der Waals surface area contributed by atoms with Gasteiger partial charge in [0.05, 0.1) is 37.5 Å². The van der Waals surface area contributed by atoms with Gasteiger partial charge in [0.15, 0.2) is 11.6 Å². The maximum absolute atomic E-state index is 11.0. The number of aromatic nitrogens is 1. The van der Waals surface area contributed by atoms with Gasteiger partial charge in [-0.15, -0.1) is 0 Å². The molecule has 12 heteroatoms. The first-order valence-corrected chi connectivity index (χ1v) is 23.2. The number of hydrogen-bond acceptors (Lipinski definition) is 11. The molecule has 9 aromatic rings. The zero-order valence-corrected chi connectivity index (χ0v) is 35.9. The predicted octanol–water partition coefficient (Wildman–Crippen LogP) is 4.90. The van der Waals surface area contributed by atoms with Gasteiger partial charge in [-0.3, -0.25) is 0 Å². The molecule has 5 aliphatic heterocycles. The van der Waals surface area contributed by atoms with Gasteiger partial charge < -0.3 is 59.1 Å². The van der Waals surface area contributed by atoms with Crippen LogP contribution in [0.15, 0.2) is 36.4 Å². The standard InChI is InChI=1S/C41H29NO5.C11H21NO5/c43-38-39(44)41(6-5-40(38,45)15-47-41)46-8-7-42-36-18-3-4-19-12-23-14-21-10-17-2-1-16-9-20-13-22(11-18)28-26(20)30-24(16)25(17)31-27(21)29(23)35(37(19)42)33(32(30)31)34(28)36;1-12(2)5-6-16-11-4-3-10(15,7-17-11)8(13)9(11)14/h1-2,9-12,38-39,43-45H,3-8,13-15H2;8-9,13-15H,3-7H2,1-2H3. The summed E-state index contributed by atoms with van der Waals surface area (Å²) in [4.78, 5) is 1.96. The van der Waals surface area contributed by atoms with Gasteiger partial charge >= 0.3 is 0 Å². The smallest absolute Gasteiger partial charge is 0.197 e. The molecule has 4 saturated heterocycles. The molecule has 328 valence electrons. The Labute approximate surface area is 366 Å². The van der Waals surface area contributed by atoms with E-state index in [-0.39, 0.29) is 13.2 Å². The van der Waals surface area contributed by atoms with Crippen molar-refractivity contribution in [2.45, 2.75) is 105 Å². The average molecular weight is 863 g/mol. The van der Waals surface area contributed by atoms with Crippen LogP contribution in [-0.2, 0) is 51.2 Å². The molecule has 0 spiro atoms. The SMILES string of the molecule is CN(C)CCOC12CCC(O)(CO1)C(O)C2O.OC1C(O)C2(OCCn3c4c5cc6c7c8c(cc9ccc%10cc%11c%12c%13c(cc(c3c%13c(c3c8c9c%10c%123)c74)CC5)C%11)C6)CCC1(O)CO2. The van der Waals surface area contributed by atoms with E-state index in [0.29, 0.717) is 52.0 Å². The lowest BCUT2D eigenvalue weighted by Gasteiger charge is -2.55. The molecule has 0 radical (unpaired) electrons. The molecule has 18 rings (SSSR count). The van der Waals surface area contributed by atoms with Crippen molar-refractivity contribution >= 4 is 86.4 Å². The van der Waals surface area contributed by atoms with Crippen LogP contribution >= 0.6 is 0 Å². The van der Waals surface area contributed by atoms with Crippen molar-refractivity contribution in [2.75, 3.05) is 47.1 Å². The fourth-order valence-corrected chi connectivity index (χ4v) is 14.2. The molecule has 6 N–H and O–H groups in total. The number of fused-ring (bicyclic) bond motifs is 6. The van der Waals surface area contributed by atoms with E-state index in [0.717, 1.165) is 25.7 Å². The second-order valence-corrected chi connectivity index (χ2v) is 20.9. The van der Waals surface area contributed by atoms with Crippen molar-refractivity contribution in [1.82, 2.24) is 9.47 Å². The summed E-state index contributed by atoms with van der Waals surface area (Å²) in [6.07, 6.45) is 0.479. The van der Waals surface area contributed by atoms with Crippen molar-refractivity contribution in [3.63, 3.8) is 0 Å². The van der Waals surface area contributed by atoms with E-state index in [2.05, 4.69) is 41.0 Å². The van der Waals surface area contributed by atoms with E-state index in [9.17, 15) is 30.6 Å². The number of aryl methyl sites for hydroxylation is 2. The highest BCUT2D eigenvalue weighted by Gasteiger charge is 2.63. The van der Waals surface area contributed by atoms with Gasteiger partial charge in [-0.25, -0.2) is 0 Å². The first kappa shape index (κ1) is 37.9. The Morgan fingerprint density at radius 2 is 0.984 bits per heavy atom. The number of likely N-dealkylation sites (N-methyl/N-ethyl adjacent to an activating group) is 1. The van der Waals surface area contributed by atoms with Gasteiger partial charge in [0.2, 0.25) is 0 Å². The number of hydrogen-bond donors (Lipinski definition) is 6. The van der Waals surface area contributed by atoms with Gasteiger partial charge in [-0.1, -0.05) is 36.4 Å². The van der Waals surface area contributed by atoms with Crippen LogP contribution in [0, 0.1) is 0 Å². The molecule has 8 aromatic carbocycles. The molecule has 4 aliphatic carbocycles. The quantitative estimate of drug-likeness (QED) is 0.0910. The Hall–Kier alpha value is -4.28. The van der Waals surface area contributed by atoms with Crippen LogP contribution in [0.2, 0.25) is 0 Å². The number of pyridine rings is 1. The summed E-state index contributed by atoms with van der Waals surface area (Å²) >= 11 is 0. The fraction of sp³-hybridized carbons (Fsp3) is 0.462. The summed E-state index contributed by atoms with van der Waals surface area (Å²) in [7, 11) is 3.85. The highest BCUT2D eigenvalue weighted by atomic mass is 16.7. The van der Waals surface area contributed by atoms with Gasteiger partial charge in [0, 0.05) is 47.5 Å². The van der Waals surface area contributed by atoms with E-state index in [1.54, 1.807) is 0 Å². The van der Waals surface area contributed by atoms with Crippen LogP contribution in [0.3, 0.4) is 0 Å². The van der Waals surface area contributed by atoms with Gasteiger partial charge in [0.25, 0.3) is 0 Å². The Balaban J connectivity index is 0.000000191. The second kappa shape index (κ2) is 12.0. The molecular weight excluding hydrogens is 813 g/mol. The lowest BCUT2D eigenvalue weighted by molar-refractivity contribution is -0.390. The number of ether oxygens (including phenoxy) is 4. The third-order valence-corrected chi connectivity index (χ3v) is 17.3. The summed E-state index contributed by atoms with van der Waals surface area (Å²) in [5.41, 5.74) is 8.65. The number of benzene rings is 7. The van der Waals surface area contributed by atoms with Crippen LogP contribution < -0.4 is 0 Å². The van der Waals surface area contributed by atoms with E-state index >= 15 is 0 Å². The molecule has 1 aromatic heterocycles. The second-order valence-electron chi connectivity index (χ2n) is 20.9. The molecule has 64 heavy (non-hydrogen) atoms. The average Bonchev–Trinajstić information content (AvgIpc) is 3.94. The number of aliphatic hydroxyl groups is 6. The fourth-order valence-electron chi connectivity index (χ4n) is 14.2. The monoisotopic (exact) mass is 862 g/mol. The lowest BCUT2D eigenvalue weighted by atomic mass is 9.74. The summed E-state index contributed by atoms with van der Waals surface area (Å²) in [5, 5.41) is 82.7. The third kappa shape index (κ3) is 4.30. The Morgan fingerprint density at radius 3 is 1.45 bits per heavy atom. The van der Waals surface area contributed by atoms with E-state index in [1.807, 2.05) is 19.0 Å². The van der Waals surface area contributed by atoms with Crippen LogP contribution in [0.5, 0.6) is 0 Å². The van der Waals surface area contributed by atoms with E-state index < -0.39 is 47.2 Å². The Morgan fingerprint density at radius 1 is 0.547 bits per heavy atom. The molecule has 8 atom stereocenters. The lowest BCUT2D eigenvalue weighted by Crippen LogP contribution is -2.72. The molecule has 8 unspecified atom stereocenters. The largest absolute Gasteiger partial charge is 0.387 e. The highest BCUT2D eigenvalue weighted by molar-refractivity contribution is 6.55. The topological polar surface area (TPSA) is 166 Å². The minimum absolute atomic E-state index is 0.00713. The van der Waals surface area contributed by atoms with Crippen LogP contribution in [0.4, 0.5) is 0 Å².